The monoisotopic (exact) mass is 283 g/mol. The van der Waals surface area contributed by atoms with Gasteiger partial charge in [0.2, 0.25) is 0 Å². The van der Waals surface area contributed by atoms with Gasteiger partial charge in [0.25, 0.3) is 0 Å². The molecule has 2 N–H and O–H groups in total. The first-order chi connectivity index (χ1) is 8.90. The van der Waals surface area contributed by atoms with Crippen LogP contribution in [-0.4, -0.2) is 29.2 Å². The smallest absolute Gasteiger partial charge is 0.407 e. The van der Waals surface area contributed by atoms with Gasteiger partial charge in [-0.2, -0.15) is 0 Å². The molecule has 0 aliphatic heterocycles. The predicted octanol–water partition coefficient (Wildman–Crippen LogP) is 2.80. The molecule has 19 heavy (non-hydrogen) atoms. The molecule has 0 atom stereocenters. The van der Waals surface area contributed by atoms with Crippen LogP contribution in [0.1, 0.15) is 26.3 Å². The van der Waals surface area contributed by atoms with Gasteiger partial charge in [-0.1, -0.05) is 12.1 Å². The van der Waals surface area contributed by atoms with Crippen molar-refractivity contribution in [3.05, 3.63) is 29.8 Å². The predicted molar refractivity (Wildman–Crippen MR) is 77.3 cm³/mol. The molecule has 0 aliphatic carbocycles. The summed E-state index contributed by atoms with van der Waals surface area (Å²) in [5.41, 5.74) is 0.536. The number of rotatable bonds is 5. The summed E-state index contributed by atoms with van der Waals surface area (Å²) in [6.07, 6.45) is -0.411. The first-order valence-corrected chi connectivity index (χ1v) is 7.19. The van der Waals surface area contributed by atoms with Crippen molar-refractivity contribution in [2.75, 3.05) is 12.4 Å². The van der Waals surface area contributed by atoms with Crippen LogP contribution >= 0.6 is 11.8 Å². The molecule has 0 spiro atoms. The highest BCUT2D eigenvalue weighted by Crippen LogP contribution is 2.17. The number of aliphatic hydroxyl groups is 1. The summed E-state index contributed by atoms with van der Waals surface area (Å²) in [5.74, 6) is 0.690. The van der Waals surface area contributed by atoms with E-state index in [1.165, 1.54) is 0 Å². The Bertz CT molecular complexity index is 398. The topological polar surface area (TPSA) is 58.6 Å². The Hall–Kier alpha value is -1.20. The lowest BCUT2D eigenvalue weighted by atomic mass is 10.2. The number of hydrogen-bond acceptors (Lipinski definition) is 4. The van der Waals surface area contributed by atoms with E-state index in [2.05, 4.69) is 5.32 Å². The van der Waals surface area contributed by atoms with E-state index in [0.717, 1.165) is 10.5 Å². The number of nitrogens with one attached hydrogen (secondary N) is 1. The van der Waals surface area contributed by atoms with Gasteiger partial charge in [0.1, 0.15) is 5.60 Å². The lowest BCUT2D eigenvalue weighted by Crippen LogP contribution is -2.32. The van der Waals surface area contributed by atoms with E-state index in [-0.39, 0.29) is 6.61 Å². The lowest BCUT2D eigenvalue weighted by molar-refractivity contribution is 0.0523. The van der Waals surface area contributed by atoms with Crippen LogP contribution in [0.25, 0.3) is 0 Å². The second-order valence-corrected chi connectivity index (χ2v) is 6.24. The van der Waals surface area contributed by atoms with Crippen molar-refractivity contribution in [2.24, 2.45) is 0 Å². The average Bonchev–Trinajstić information content (AvgIpc) is 2.33. The molecule has 0 bridgehead atoms. The molecule has 0 radical (unpaired) electrons. The highest BCUT2D eigenvalue weighted by atomic mass is 32.2. The second-order valence-electron chi connectivity index (χ2n) is 5.07. The number of carbonyl (C=O) groups excluding carboxylic acids is 1. The maximum atomic E-state index is 11.5. The van der Waals surface area contributed by atoms with E-state index in [9.17, 15) is 4.79 Å². The van der Waals surface area contributed by atoms with Gasteiger partial charge in [0, 0.05) is 17.2 Å². The number of aliphatic hydroxyl groups excluding tert-OH is 1. The Morgan fingerprint density at radius 2 is 1.95 bits per heavy atom. The van der Waals surface area contributed by atoms with Crippen LogP contribution in [-0.2, 0) is 11.3 Å². The van der Waals surface area contributed by atoms with Crippen molar-refractivity contribution >= 4 is 17.9 Å². The fourth-order valence-electron chi connectivity index (χ4n) is 1.36. The van der Waals surface area contributed by atoms with Crippen LogP contribution in [0.4, 0.5) is 4.79 Å². The summed E-state index contributed by atoms with van der Waals surface area (Å²) in [5, 5.41) is 11.4. The van der Waals surface area contributed by atoms with Crippen molar-refractivity contribution in [3.8, 4) is 0 Å². The van der Waals surface area contributed by atoms with Crippen LogP contribution in [0.5, 0.6) is 0 Å². The van der Waals surface area contributed by atoms with Crippen LogP contribution in [0, 0.1) is 0 Å². The number of hydrogen-bond donors (Lipinski definition) is 2. The third kappa shape index (κ3) is 7.08. The summed E-state index contributed by atoms with van der Waals surface area (Å²) in [4.78, 5) is 12.6. The largest absolute Gasteiger partial charge is 0.444 e. The molecule has 1 amide bonds. The lowest BCUT2D eigenvalue weighted by Gasteiger charge is -2.19. The summed E-state index contributed by atoms with van der Waals surface area (Å²) < 4.78 is 5.15. The van der Waals surface area contributed by atoms with Gasteiger partial charge in [-0.3, -0.25) is 0 Å². The zero-order valence-corrected chi connectivity index (χ0v) is 12.4. The number of benzene rings is 1. The van der Waals surface area contributed by atoms with E-state index in [1.54, 1.807) is 11.8 Å². The van der Waals surface area contributed by atoms with Gasteiger partial charge in [-0.25, -0.2) is 4.79 Å². The van der Waals surface area contributed by atoms with E-state index in [1.807, 2.05) is 45.0 Å². The maximum absolute atomic E-state index is 11.5. The zero-order chi connectivity index (χ0) is 14.3. The van der Waals surface area contributed by atoms with Gasteiger partial charge < -0.3 is 15.2 Å². The molecule has 0 aromatic heterocycles. The molecule has 106 valence electrons. The molecule has 0 fully saturated rings. The summed E-state index contributed by atoms with van der Waals surface area (Å²) in [6, 6.07) is 7.87. The Labute approximate surface area is 118 Å². The van der Waals surface area contributed by atoms with Crippen molar-refractivity contribution < 1.29 is 14.6 Å². The van der Waals surface area contributed by atoms with Crippen LogP contribution in [0.15, 0.2) is 29.2 Å². The van der Waals surface area contributed by atoms with Crippen LogP contribution in [0.3, 0.4) is 0 Å². The third-order valence-corrected chi connectivity index (χ3v) is 3.11. The van der Waals surface area contributed by atoms with Gasteiger partial charge in [0.15, 0.2) is 0 Å². The minimum Gasteiger partial charge on any atom is -0.444 e. The normalized spacial score (nSPS) is 11.2. The number of thioether (sulfide) groups is 1. The third-order valence-electron chi connectivity index (χ3n) is 2.12. The molecular formula is C14H21NO3S. The Morgan fingerprint density at radius 3 is 2.47 bits per heavy atom. The van der Waals surface area contributed by atoms with Crippen LogP contribution in [0.2, 0.25) is 0 Å². The Kier molecular flexibility index (Phi) is 6.18. The Morgan fingerprint density at radius 1 is 1.32 bits per heavy atom. The van der Waals surface area contributed by atoms with E-state index in [4.69, 9.17) is 9.84 Å². The van der Waals surface area contributed by atoms with E-state index >= 15 is 0 Å². The van der Waals surface area contributed by atoms with Gasteiger partial charge in [-0.05, 0) is 38.5 Å². The summed E-state index contributed by atoms with van der Waals surface area (Å²) in [7, 11) is 0. The molecule has 0 aliphatic rings. The molecule has 4 nitrogen and oxygen atoms in total. The van der Waals surface area contributed by atoms with E-state index in [0.29, 0.717) is 12.3 Å². The van der Waals surface area contributed by atoms with Gasteiger partial charge in [-0.15, -0.1) is 11.8 Å². The summed E-state index contributed by atoms with van der Waals surface area (Å²) in [6.45, 7) is 6.12. The van der Waals surface area contributed by atoms with Gasteiger partial charge in [0.05, 0.1) is 6.61 Å². The molecule has 0 unspecified atom stereocenters. The molecule has 5 heteroatoms. The molecule has 1 rings (SSSR count). The van der Waals surface area contributed by atoms with Crippen molar-refractivity contribution in [2.45, 2.75) is 37.8 Å². The zero-order valence-electron chi connectivity index (χ0n) is 11.6. The highest BCUT2D eigenvalue weighted by molar-refractivity contribution is 7.99. The minimum absolute atomic E-state index is 0.173. The SMILES string of the molecule is CC(C)(C)OC(=O)NCc1ccc(SCCO)cc1. The molecule has 0 saturated heterocycles. The number of ether oxygens (including phenoxy) is 1. The van der Waals surface area contributed by atoms with Crippen molar-refractivity contribution in [1.29, 1.82) is 0 Å². The van der Waals surface area contributed by atoms with Gasteiger partial charge >= 0.3 is 6.09 Å². The number of amides is 1. The fourth-order valence-corrected chi connectivity index (χ4v) is 2.01. The highest BCUT2D eigenvalue weighted by Gasteiger charge is 2.15. The first kappa shape index (κ1) is 15.9. The second kappa shape index (κ2) is 7.40. The fraction of sp³-hybridized carbons (Fsp3) is 0.500. The molecular weight excluding hydrogens is 262 g/mol. The van der Waals surface area contributed by atoms with Crippen molar-refractivity contribution in [3.63, 3.8) is 0 Å². The Balaban J connectivity index is 2.39. The van der Waals surface area contributed by atoms with Crippen LogP contribution < -0.4 is 5.32 Å². The molecule has 1 aromatic rings. The molecule has 1 aromatic carbocycles. The molecule has 0 saturated carbocycles. The summed E-state index contributed by atoms with van der Waals surface area (Å²) >= 11 is 1.60. The average molecular weight is 283 g/mol. The minimum atomic E-state index is -0.477. The van der Waals surface area contributed by atoms with E-state index < -0.39 is 11.7 Å². The first-order valence-electron chi connectivity index (χ1n) is 6.20. The van der Waals surface area contributed by atoms with Crippen molar-refractivity contribution in [1.82, 2.24) is 5.32 Å². The molecule has 0 heterocycles. The maximum Gasteiger partial charge on any atom is 0.407 e. The number of carbonyl (C=O) groups is 1. The standard InChI is InChI=1S/C14H21NO3S/c1-14(2,3)18-13(17)15-10-11-4-6-12(7-5-11)19-9-8-16/h4-7,16H,8-10H2,1-3H3,(H,15,17). The quantitative estimate of drug-likeness (QED) is 0.816. The number of alkyl carbamates (subject to hydrolysis) is 1.